The second-order valence-corrected chi connectivity index (χ2v) is 7.59. The number of aliphatic carboxylic acids is 1. The highest BCUT2D eigenvalue weighted by atomic mass is 32.1. The fraction of sp³-hybridized carbons (Fsp3) is 0.667. The van der Waals surface area contributed by atoms with E-state index in [4.69, 9.17) is 5.11 Å². The molecule has 0 aromatic carbocycles. The van der Waals surface area contributed by atoms with Crippen LogP contribution in [0.4, 0.5) is 0 Å². The lowest BCUT2D eigenvalue weighted by molar-refractivity contribution is -0.137. The molecule has 2 N–H and O–H groups in total. The summed E-state index contributed by atoms with van der Waals surface area (Å²) < 4.78 is 0. The van der Waals surface area contributed by atoms with Gasteiger partial charge in [-0.2, -0.15) is 0 Å². The summed E-state index contributed by atoms with van der Waals surface area (Å²) in [4.78, 5) is 24.4. The first-order valence-electron chi connectivity index (χ1n) is 8.62. The molecule has 2 unspecified atom stereocenters. The van der Waals surface area contributed by atoms with Crippen LogP contribution in [-0.4, -0.2) is 23.0 Å². The fourth-order valence-electron chi connectivity index (χ4n) is 3.36. The zero-order valence-corrected chi connectivity index (χ0v) is 14.6. The van der Waals surface area contributed by atoms with Crippen LogP contribution in [0.3, 0.4) is 0 Å². The summed E-state index contributed by atoms with van der Waals surface area (Å²) in [7, 11) is 0. The van der Waals surface area contributed by atoms with Gasteiger partial charge in [-0.05, 0) is 37.1 Å². The highest BCUT2D eigenvalue weighted by Crippen LogP contribution is 2.29. The minimum atomic E-state index is -0.792. The van der Waals surface area contributed by atoms with Crippen LogP contribution >= 0.6 is 11.3 Å². The monoisotopic (exact) mass is 337 g/mol. The van der Waals surface area contributed by atoms with E-state index in [1.54, 1.807) is 11.3 Å². The van der Waals surface area contributed by atoms with Crippen molar-refractivity contribution >= 4 is 23.2 Å². The smallest absolute Gasteiger partial charge is 0.303 e. The SMILES string of the molecule is CC(C(=O)NC(CCC(=O)O)CC1CCCCC1)c1cccs1. The van der Waals surface area contributed by atoms with E-state index in [1.165, 1.54) is 32.1 Å². The third-order valence-electron chi connectivity index (χ3n) is 4.76. The van der Waals surface area contributed by atoms with E-state index in [0.717, 1.165) is 11.3 Å². The normalized spacial score (nSPS) is 18.3. The molecule has 0 saturated heterocycles. The maximum absolute atomic E-state index is 12.5. The van der Waals surface area contributed by atoms with Gasteiger partial charge in [0.25, 0.3) is 0 Å². The molecule has 2 atom stereocenters. The van der Waals surface area contributed by atoms with E-state index in [9.17, 15) is 9.59 Å². The number of thiophene rings is 1. The van der Waals surface area contributed by atoms with Crippen LogP contribution < -0.4 is 5.32 Å². The summed E-state index contributed by atoms with van der Waals surface area (Å²) in [5, 5.41) is 14.0. The summed E-state index contributed by atoms with van der Waals surface area (Å²) in [5.41, 5.74) is 0. The van der Waals surface area contributed by atoms with E-state index in [1.807, 2.05) is 24.4 Å². The average molecular weight is 337 g/mol. The fourth-order valence-corrected chi connectivity index (χ4v) is 4.15. The van der Waals surface area contributed by atoms with Crippen molar-refractivity contribution in [3.8, 4) is 0 Å². The highest BCUT2D eigenvalue weighted by molar-refractivity contribution is 7.10. The Hall–Kier alpha value is -1.36. The number of carboxylic acids is 1. The molecule has 0 bridgehead atoms. The van der Waals surface area contributed by atoms with Crippen molar-refractivity contribution in [3.63, 3.8) is 0 Å². The molecular weight excluding hydrogens is 310 g/mol. The first-order chi connectivity index (χ1) is 11.1. The van der Waals surface area contributed by atoms with E-state index < -0.39 is 5.97 Å². The highest BCUT2D eigenvalue weighted by Gasteiger charge is 2.24. The number of rotatable bonds is 8. The molecule has 4 nitrogen and oxygen atoms in total. The lowest BCUT2D eigenvalue weighted by atomic mass is 9.84. The predicted molar refractivity (Wildman–Crippen MR) is 92.7 cm³/mol. The minimum Gasteiger partial charge on any atom is -0.481 e. The number of amides is 1. The number of nitrogens with one attached hydrogen (secondary N) is 1. The van der Waals surface area contributed by atoms with Gasteiger partial charge >= 0.3 is 5.97 Å². The number of hydrogen-bond acceptors (Lipinski definition) is 3. The number of carboxylic acid groups (broad SMARTS) is 1. The second kappa shape index (κ2) is 9.06. The molecule has 1 saturated carbocycles. The van der Waals surface area contributed by atoms with Crippen molar-refractivity contribution in [1.82, 2.24) is 5.32 Å². The average Bonchev–Trinajstić information content (AvgIpc) is 3.07. The summed E-state index contributed by atoms with van der Waals surface area (Å²) in [6.07, 6.45) is 7.79. The maximum Gasteiger partial charge on any atom is 0.303 e. The Kier molecular flexibility index (Phi) is 7.09. The Morgan fingerprint density at radius 2 is 2.09 bits per heavy atom. The number of carbonyl (C=O) groups excluding carboxylic acids is 1. The van der Waals surface area contributed by atoms with Crippen molar-refractivity contribution in [2.24, 2.45) is 5.92 Å². The van der Waals surface area contributed by atoms with Crippen LogP contribution in [0.5, 0.6) is 0 Å². The molecule has 1 heterocycles. The van der Waals surface area contributed by atoms with Gasteiger partial charge < -0.3 is 10.4 Å². The van der Waals surface area contributed by atoms with Gasteiger partial charge in [-0.1, -0.05) is 38.2 Å². The van der Waals surface area contributed by atoms with Crippen molar-refractivity contribution in [2.75, 3.05) is 0 Å². The van der Waals surface area contributed by atoms with Gasteiger partial charge in [0.05, 0.1) is 5.92 Å². The Morgan fingerprint density at radius 3 is 2.70 bits per heavy atom. The van der Waals surface area contributed by atoms with Crippen LogP contribution in [0.15, 0.2) is 17.5 Å². The van der Waals surface area contributed by atoms with Gasteiger partial charge in [0, 0.05) is 17.3 Å². The topological polar surface area (TPSA) is 66.4 Å². The van der Waals surface area contributed by atoms with Crippen molar-refractivity contribution in [2.45, 2.75) is 70.3 Å². The molecule has 0 aliphatic heterocycles. The Bertz CT molecular complexity index is 494. The van der Waals surface area contributed by atoms with Crippen molar-refractivity contribution < 1.29 is 14.7 Å². The maximum atomic E-state index is 12.5. The first kappa shape index (κ1) is 18.0. The largest absolute Gasteiger partial charge is 0.481 e. The molecule has 2 rings (SSSR count). The molecule has 1 aromatic rings. The van der Waals surface area contributed by atoms with Gasteiger partial charge in [-0.15, -0.1) is 11.3 Å². The molecule has 1 aromatic heterocycles. The van der Waals surface area contributed by atoms with Gasteiger partial charge in [-0.25, -0.2) is 0 Å². The Morgan fingerprint density at radius 1 is 1.35 bits per heavy atom. The number of carbonyl (C=O) groups is 2. The molecule has 1 amide bonds. The third-order valence-corrected chi connectivity index (χ3v) is 5.81. The van der Waals surface area contributed by atoms with E-state index in [0.29, 0.717) is 12.3 Å². The van der Waals surface area contributed by atoms with Crippen LogP contribution in [0.1, 0.15) is 69.1 Å². The van der Waals surface area contributed by atoms with Gasteiger partial charge in [0.2, 0.25) is 5.91 Å². The van der Waals surface area contributed by atoms with Crippen molar-refractivity contribution in [1.29, 1.82) is 0 Å². The van der Waals surface area contributed by atoms with E-state index >= 15 is 0 Å². The molecule has 1 fully saturated rings. The Labute approximate surface area is 142 Å². The molecular formula is C18H27NO3S. The summed E-state index contributed by atoms with van der Waals surface area (Å²) in [6.45, 7) is 1.91. The van der Waals surface area contributed by atoms with Crippen molar-refractivity contribution in [3.05, 3.63) is 22.4 Å². The summed E-state index contributed by atoms with van der Waals surface area (Å²) in [5.74, 6) is -0.327. The van der Waals surface area contributed by atoms with Gasteiger partial charge in [0.1, 0.15) is 0 Å². The standard InChI is InChI=1S/C18H27NO3S/c1-13(16-8-5-11-23-16)18(22)19-15(9-10-17(20)21)12-14-6-3-2-4-7-14/h5,8,11,13-15H,2-4,6-7,9-10,12H2,1H3,(H,19,22)(H,20,21). The van der Waals surface area contributed by atoms with Crippen LogP contribution in [0.25, 0.3) is 0 Å². The predicted octanol–water partition coefficient (Wildman–Crippen LogP) is 4.17. The quantitative estimate of drug-likeness (QED) is 0.748. The van der Waals surface area contributed by atoms with E-state index in [2.05, 4.69) is 5.32 Å². The zero-order chi connectivity index (χ0) is 16.7. The van der Waals surface area contributed by atoms with Crippen LogP contribution in [0, 0.1) is 5.92 Å². The first-order valence-corrected chi connectivity index (χ1v) is 9.49. The summed E-state index contributed by atoms with van der Waals surface area (Å²) in [6, 6.07) is 3.90. The minimum absolute atomic E-state index is 0.0126. The van der Waals surface area contributed by atoms with Crippen LogP contribution in [0.2, 0.25) is 0 Å². The molecule has 23 heavy (non-hydrogen) atoms. The molecule has 1 aliphatic carbocycles. The molecule has 0 spiro atoms. The Balaban J connectivity index is 1.92. The van der Waals surface area contributed by atoms with Gasteiger partial charge in [-0.3, -0.25) is 9.59 Å². The zero-order valence-electron chi connectivity index (χ0n) is 13.8. The summed E-state index contributed by atoms with van der Waals surface area (Å²) >= 11 is 1.59. The van der Waals surface area contributed by atoms with Gasteiger partial charge in [0.15, 0.2) is 0 Å². The lowest BCUT2D eigenvalue weighted by Crippen LogP contribution is -2.39. The van der Waals surface area contributed by atoms with E-state index in [-0.39, 0.29) is 24.3 Å². The lowest BCUT2D eigenvalue weighted by Gasteiger charge is -2.27. The second-order valence-electron chi connectivity index (χ2n) is 6.61. The molecule has 5 heteroatoms. The molecule has 1 aliphatic rings. The third kappa shape index (κ3) is 5.98. The van der Waals surface area contributed by atoms with Crippen LogP contribution in [-0.2, 0) is 9.59 Å². The molecule has 128 valence electrons. The molecule has 0 radical (unpaired) electrons. The number of hydrogen-bond donors (Lipinski definition) is 2.